The minimum atomic E-state index is 0.932. The van der Waals surface area contributed by atoms with Gasteiger partial charge in [-0.2, -0.15) is 0 Å². The summed E-state index contributed by atoms with van der Waals surface area (Å²) < 4.78 is 0. The highest BCUT2D eigenvalue weighted by Gasteiger charge is 2.18. The van der Waals surface area contributed by atoms with Crippen molar-refractivity contribution in [3.63, 3.8) is 0 Å². The zero-order chi connectivity index (χ0) is 13.3. The zero-order valence-corrected chi connectivity index (χ0v) is 12.9. The van der Waals surface area contributed by atoms with Crippen LogP contribution >= 0.6 is 0 Å². The van der Waals surface area contributed by atoms with E-state index in [4.69, 9.17) is 0 Å². The molecule has 0 unspecified atom stereocenters. The molecule has 3 nitrogen and oxygen atoms in total. The van der Waals surface area contributed by atoms with Crippen molar-refractivity contribution in [2.45, 2.75) is 45.4 Å². The van der Waals surface area contributed by atoms with E-state index in [2.05, 4.69) is 22.0 Å². The molecule has 0 aromatic carbocycles. The molecule has 2 saturated heterocycles. The van der Waals surface area contributed by atoms with Gasteiger partial charge in [-0.05, 0) is 96.8 Å². The third-order valence-corrected chi connectivity index (χ3v) is 4.71. The van der Waals surface area contributed by atoms with Crippen LogP contribution in [-0.2, 0) is 0 Å². The van der Waals surface area contributed by atoms with Gasteiger partial charge < -0.3 is 15.1 Å². The minimum absolute atomic E-state index is 0.932. The van der Waals surface area contributed by atoms with Gasteiger partial charge in [-0.3, -0.25) is 0 Å². The molecular weight excluding hydrogens is 234 g/mol. The molecule has 112 valence electrons. The van der Waals surface area contributed by atoms with Crippen LogP contribution < -0.4 is 5.32 Å². The molecule has 0 bridgehead atoms. The molecule has 3 heteroatoms. The maximum atomic E-state index is 3.57. The Kier molecular flexibility index (Phi) is 7.18. The predicted molar refractivity (Wildman–Crippen MR) is 82.6 cm³/mol. The number of piperidine rings is 1. The van der Waals surface area contributed by atoms with Gasteiger partial charge in [-0.1, -0.05) is 6.92 Å². The molecule has 0 aromatic rings. The highest BCUT2D eigenvalue weighted by atomic mass is 15.2. The molecule has 2 aliphatic heterocycles. The summed E-state index contributed by atoms with van der Waals surface area (Å²) in [5, 5.41) is 3.57. The Bertz CT molecular complexity index is 218. The maximum Gasteiger partial charge on any atom is -0.000654 e. The fourth-order valence-corrected chi connectivity index (χ4v) is 3.42. The van der Waals surface area contributed by atoms with Crippen LogP contribution in [0.25, 0.3) is 0 Å². The molecule has 19 heavy (non-hydrogen) atoms. The Balaban J connectivity index is 1.48. The fraction of sp³-hybridized carbons (Fsp3) is 1.00. The summed E-state index contributed by atoms with van der Waals surface area (Å²) in [4.78, 5) is 5.33. The van der Waals surface area contributed by atoms with E-state index in [0.29, 0.717) is 0 Å². The lowest BCUT2D eigenvalue weighted by Crippen LogP contribution is -2.38. The summed E-state index contributed by atoms with van der Waals surface area (Å²) in [5.41, 5.74) is 0. The number of rotatable bonds is 8. The molecular formula is C16H33N3. The number of nitrogens with zero attached hydrogens (tertiary/aromatic N) is 2. The Morgan fingerprint density at radius 1 is 0.947 bits per heavy atom. The second-order valence-electron chi connectivity index (χ2n) is 6.39. The second kappa shape index (κ2) is 8.93. The van der Waals surface area contributed by atoms with Crippen molar-refractivity contribution >= 4 is 0 Å². The lowest BCUT2D eigenvalue weighted by atomic mass is 9.96. The largest absolute Gasteiger partial charge is 0.316 e. The number of likely N-dealkylation sites (tertiary alicyclic amines) is 2. The van der Waals surface area contributed by atoms with E-state index in [0.717, 1.165) is 5.92 Å². The standard InChI is InChI=1S/C16H33N3/c1-2-8-17-15-16-6-13-19(14-7-16)12-5-11-18-9-3-4-10-18/h16-17H,2-15H2,1H3. The van der Waals surface area contributed by atoms with Gasteiger partial charge in [-0.15, -0.1) is 0 Å². The van der Waals surface area contributed by atoms with Crippen LogP contribution in [0.1, 0.15) is 45.4 Å². The summed E-state index contributed by atoms with van der Waals surface area (Å²) in [5.74, 6) is 0.932. The normalized spacial score (nSPS) is 23.2. The maximum absolute atomic E-state index is 3.57. The van der Waals surface area contributed by atoms with E-state index < -0.39 is 0 Å². The highest BCUT2D eigenvalue weighted by Crippen LogP contribution is 2.16. The van der Waals surface area contributed by atoms with E-state index >= 15 is 0 Å². The summed E-state index contributed by atoms with van der Waals surface area (Å²) >= 11 is 0. The van der Waals surface area contributed by atoms with Crippen LogP contribution in [0.2, 0.25) is 0 Å². The third-order valence-electron chi connectivity index (χ3n) is 4.71. The van der Waals surface area contributed by atoms with Gasteiger partial charge in [0.05, 0.1) is 0 Å². The van der Waals surface area contributed by atoms with Gasteiger partial charge >= 0.3 is 0 Å². The highest BCUT2D eigenvalue weighted by molar-refractivity contribution is 4.74. The summed E-state index contributed by atoms with van der Waals surface area (Å²) in [6, 6.07) is 0. The number of hydrogen-bond donors (Lipinski definition) is 1. The number of nitrogens with one attached hydrogen (secondary N) is 1. The van der Waals surface area contributed by atoms with Crippen LogP contribution in [0.15, 0.2) is 0 Å². The molecule has 0 amide bonds. The summed E-state index contributed by atoms with van der Waals surface area (Å²) in [6.45, 7) is 12.7. The van der Waals surface area contributed by atoms with Crippen molar-refractivity contribution in [1.29, 1.82) is 0 Å². The van der Waals surface area contributed by atoms with Crippen molar-refractivity contribution in [2.75, 3.05) is 52.4 Å². The van der Waals surface area contributed by atoms with E-state index in [1.165, 1.54) is 90.9 Å². The Morgan fingerprint density at radius 3 is 2.21 bits per heavy atom. The van der Waals surface area contributed by atoms with Crippen LogP contribution in [-0.4, -0.2) is 62.2 Å². The summed E-state index contributed by atoms with van der Waals surface area (Å²) in [7, 11) is 0. The molecule has 0 atom stereocenters. The van der Waals surface area contributed by atoms with E-state index in [1.54, 1.807) is 0 Å². The quantitative estimate of drug-likeness (QED) is 0.680. The molecule has 0 aliphatic carbocycles. The molecule has 0 radical (unpaired) electrons. The SMILES string of the molecule is CCCNCC1CCN(CCCN2CCCC2)CC1. The smallest absolute Gasteiger partial charge is 0.000654 e. The van der Waals surface area contributed by atoms with Gasteiger partial charge in [0.25, 0.3) is 0 Å². The average molecular weight is 267 g/mol. The monoisotopic (exact) mass is 267 g/mol. The van der Waals surface area contributed by atoms with E-state index in [9.17, 15) is 0 Å². The van der Waals surface area contributed by atoms with Crippen molar-refractivity contribution in [3.05, 3.63) is 0 Å². The molecule has 2 rings (SSSR count). The lowest BCUT2D eigenvalue weighted by molar-refractivity contribution is 0.173. The van der Waals surface area contributed by atoms with Crippen LogP contribution in [0, 0.1) is 5.92 Å². The summed E-state index contributed by atoms with van der Waals surface area (Å²) in [6.07, 6.45) is 8.29. The van der Waals surface area contributed by atoms with Crippen molar-refractivity contribution in [1.82, 2.24) is 15.1 Å². The van der Waals surface area contributed by atoms with Crippen molar-refractivity contribution < 1.29 is 0 Å². The molecule has 2 heterocycles. The van der Waals surface area contributed by atoms with Gasteiger partial charge in [0.15, 0.2) is 0 Å². The van der Waals surface area contributed by atoms with Crippen LogP contribution in [0.4, 0.5) is 0 Å². The molecule has 1 N–H and O–H groups in total. The average Bonchev–Trinajstić information content (AvgIpc) is 2.94. The predicted octanol–water partition coefficient (Wildman–Crippen LogP) is 2.18. The van der Waals surface area contributed by atoms with Gasteiger partial charge in [0.2, 0.25) is 0 Å². The topological polar surface area (TPSA) is 18.5 Å². The molecule has 2 aliphatic rings. The van der Waals surface area contributed by atoms with Gasteiger partial charge in [0, 0.05) is 0 Å². The van der Waals surface area contributed by atoms with Crippen LogP contribution in [0.5, 0.6) is 0 Å². The first-order chi connectivity index (χ1) is 9.38. The van der Waals surface area contributed by atoms with E-state index in [-0.39, 0.29) is 0 Å². The van der Waals surface area contributed by atoms with Crippen LogP contribution in [0.3, 0.4) is 0 Å². The molecule has 0 spiro atoms. The first kappa shape index (κ1) is 15.3. The van der Waals surface area contributed by atoms with E-state index in [1.807, 2.05) is 0 Å². The third kappa shape index (κ3) is 5.80. The Morgan fingerprint density at radius 2 is 1.58 bits per heavy atom. The van der Waals surface area contributed by atoms with Gasteiger partial charge in [-0.25, -0.2) is 0 Å². The Labute approximate surface area is 119 Å². The first-order valence-electron chi connectivity index (χ1n) is 8.54. The fourth-order valence-electron chi connectivity index (χ4n) is 3.42. The van der Waals surface area contributed by atoms with Gasteiger partial charge in [0.1, 0.15) is 0 Å². The molecule has 2 fully saturated rings. The van der Waals surface area contributed by atoms with Crippen molar-refractivity contribution in [2.24, 2.45) is 5.92 Å². The zero-order valence-electron chi connectivity index (χ0n) is 12.9. The Hall–Kier alpha value is -0.120. The number of hydrogen-bond acceptors (Lipinski definition) is 3. The second-order valence-corrected chi connectivity index (χ2v) is 6.39. The molecule has 0 saturated carbocycles. The van der Waals surface area contributed by atoms with Crippen molar-refractivity contribution in [3.8, 4) is 0 Å². The molecule has 0 aromatic heterocycles. The minimum Gasteiger partial charge on any atom is -0.316 e. The lowest BCUT2D eigenvalue weighted by Gasteiger charge is -2.32. The first-order valence-corrected chi connectivity index (χ1v) is 8.54.